The van der Waals surface area contributed by atoms with E-state index >= 15 is 0 Å². The molecule has 2 aromatic rings. The summed E-state index contributed by atoms with van der Waals surface area (Å²) in [4.78, 5) is 12.1. The maximum Gasteiger partial charge on any atom is 0.274 e. The fourth-order valence-electron chi connectivity index (χ4n) is 2.19. The van der Waals surface area contributed by atoms with Gasteiger partial charge in [0.2, 0.25) is 0 Å². The summed E-state index contributed by atoms with van der Waals surface area (Å²) in [5.41, 5.74) is 2.79. The second-order valence-corrected chi connectivity index (χ2v) is 6.05. The zero-order valence-corrected chi connectivity index (χ0v) is 16.3. The van der Waals surface area contributed by atoms with E-state index < -0.39 is 11.7 Å². The average Bonchev–Trinajstić information content (AvgIpc) is 2.65. The molecule has 0 saturated heterocycles. The van der Waals surface area contributed by atoms with E-state index in [0.29, 0.717) is 34.7 Å². The highest BCUT2D eigenvalue weighted by Crippen LogP contribution is 2.32. The number of carbonyl (C=O) groups is 1. The van der Waals surface area contributed by atoms with E-state index in [9.17, 15) is 9.18 Å². The van der Waals surface area contributed by atoms with E-state index in [1.165, 1.54) is 18.3 Å². The van der Waals surface area contributed by atoms with Gasteiger partial charge in [-0.15, -0.1) is 0 Å². The standard InChI is InChI=1S/C19H17BrFN3O3/c1-3-26-17-9-18(27-4-2)15(20)8-13(17)11-23-24-19(25)14-6-5-12(10-22)7-16(14)21/h5-9,11H,3-4H2,1-2H3,(H,24,25)/b23-11-. The van der Waals surface area contributed by atoms with E-state index in [4.69, 9.17) is 14.7 Å². The fourth-order valence-corrected chi connectivity index (χ4v) is 2.66. The minimum absolute atomic E-state index is 0.133. The fraction of sp³-hybridized carbons (Fsp3) is 0.211. The van der Waals surface area contributed by atoms with Crippen LogP contribution in [0.3, 0.4) is 0 Å². The molecular formula is C19H17BrFN3O3. The third-order valence-corrected chi connectivity index (χ3v) is 4.00. The number of hydrazone groups is 1. The number of ether oxygens (including phenoxy) is 2. The number of halogens is 2. The molecular weight excluding hydrogens is 417 g/mol. The molecule has 0 fully saturated rings. The lowest BCUT2D eigenvalue weighted by molar-refractivity contribution is 0.0951. The van der Waals surface area contributed by atoms with Crippen molar-refractivity contribution in [3.05, 3.63) is 57.3 Å². The van der Waals surface area contributed by atoms with Crippen molar-refractivity contribution >= 4 is 28.1 Å². The number of benzene rings is 2. The van der Waals surface area contributed by atoms with Crippen molar-refractivity contribution in [1.82, 2.24) is 5.43 Å². The van der Waals surface area contributed by atoms with Crippen LogP contribution < -0.4 is 14.9 Å². The molecule has 0 unspecified atom stereocenters. The maximum absolute atomic E-state index is 13.9. The van der Waals surface area contributed by atoms with Gasteiger partial charge in [0.05, 0.1) is 41.1 Å². The van der Waals surface area contributed by atoms with Crippen LogP contribution >= 0.6 is 15.9 Å². The monoisotopic (exact) mass is 433 g/mol. The lowest BCUT2D eigenvalue weighted by Crippen LogP contribution is -2.19. The highest BCUT2D eigenvalue weighted by atomic mass is 79.9. The van der Waals surface area contributed by atoms with Crippen LogP contribution in [0.2, 0.25) is 0 Å². The van der Waals surface area contributed by atoms with Gasteiger partial charge < -0.3 is 9.47 Å². The number of nitriles is 1. The summed E-state index contributed by atoms with van der Waals surface area (Å²) in [6, 6.07) is 8.86. The van der Waals surface area contributed by atoms with Crippen molar-refractivity contribution in [2.45, 2.75) is 13.8 Å². The summed E-state index contributed by atoms with van der Waals surface area (Å²) in [6.45, 7) is 4.67. The van der Waals surface area contributed by atoms with Crippen LogP contribution in [-0.2, 0) is 0 Å². The van der Waals surface area contributed by atoms with Crippen molar-refractivity contribution in [2.75, 3.05) is 13.2 Å². The average molecular weight is 434 g/mol. The molecule has 6 nitrogen and oxygen atoms in total. The van der Waals surface area contributed by atoms with Crippen molar-refractivity contribution in [3.63, 3.8) is 0 Å². The second kappa shape index (κ2) is 9.69. The van der Waals surface area contributed by atoms with Gasteiger partial charge in [0, 0.05) is 11.6 Å². The minimum atomic E-state index is -0.791. The van der Waals surface area contributed by atoms with Gasteiger partial charge >= 0.3 is 0 Å². The van der Waals surface area contributed by atoms with Crippen LogP contribution in [0.25, 0.3) is 0 Å². The van der Waals surface area contributed by atoms with Crippen molar-refractivity contribution in [2.24, 2.45) is 5.10 Å². The molecule has 2 rings (SSSR count). The highest BCUT2D eigenvalue weighted by Gasteiger charge is 2.12. The van der Waals surface area contributed by atoms with E-state index in [1.807, 2.05) is 13.8 Å². The topological polar surface area (TPSA) is 83.7 Å². The molecule has 8 heteroatoms. The lowest BCUT2D eigenvalue weighted by Gasteiger charge is -2.12. The van der Waals surface area contributed by atoms with Crippen LogP contribution in [-0.4, -0.2) is 25.3 Å². The van der Waals surface area contributed by atoms with Gasteiger partial charge in [0.25, 0.3) is 5.91 Å². The largest absolute Gasteiger partial charge is 0.493 e. The van der Waals surface area contributed by atoms with Crippen molar-refractivity contribution in [1.29, 1.82) is 5.26 Å². The van der Waals surface area contributed by atoms with Gasteiger partial charge in [-0.2, -0.15) is 10.4 Å². The predicted molar refractivity (Wildman–Crippen MR) is 103 cm³/mol. The zero-order valence-electron chi connectivity index (χ0n) is 14.8. The zero-order chi connectivity index (χ0) is 19.8. The van der Waals surface area contributed by atoms with E-state index in [2.05, 4.69) is 26.5 Å². The first-order chi connectivity index (χ1) is 13.0. The smallest absolute Gasteiger partial charge is 0.274 e. The van der Waals surface area contributed by atoms with Crippen molar-refractivity contribution < 1.29 is 18.7 Å². The number of rotatable bonds is 7. The Morgan fingerprint density at radius 2 is 1.96 bits per heavy atom. The molecule has 0 radical (unpaired) electrons. The number of hydrogen-bond donors (Lipinski definition) is 1. The molecule has 0 aromatic heterocycles. The van der Waals surface area contributed by atoms with Gasteiger partial charge in [-0.05, 0) is 54.0 Å². The third kappa shape index (κ3) is 5.28. The molecule has 0 aliphatic heterocycles. The molecule has 140 valence electrons. The molecule has 0 atom stereocenters. The molecule has 27 heavy (non-hydrogen) atoms. The molecule has 1 amide bonds. The number of nitrogens with zero attached hydrogens (tertiary/aromatic N) is 2. The Bertz CT molecular complexity index is 910. The number of amides is 1. The SMILES string of the molecule is CCOc1cc(OCC)c(/C=N\NC(=O)c2ccc(C#N)cc2F)cc1Br. The van der Waals surface area contributed by atoms with E-state index in [-0.39, 0.29) is 11.1 Å². The first-order valence-corrected chi connectivity index (χ1v) is 8.91. The second-order valence-electron chi connectivity index (χ2n) is 5.19. The van der Waals surface area contributed by atoms with Gasteiger partial charge in [-0.3, -0.25) is 4.79 Å². The normalized spacial score (nSPS) is 10.5. The van der Waals surface area contributed by atoms with Gasteiger partial charge in [0.15, 0.2) is 0 Å². The quantitative estimate of drug-likeness (QED) is 0.527. The third-order valence-electron chi connectivity index (χ3n) is 3.38. The summed E-state index contributed by atoms with van der Waals surface area (Å²) >= 11 is 3.41. The molecule has 1 N–H and O–H groups in total. The number of nitrogens with one attached hydrogen (secondary N) is 1. The van der Waals surface area contributed by atoms with E-state index in [0.717, 1.165) is 6.07 Å². The summed E-state index contributed by atoms with van der Waals surface area (Å²) in [5.74, 6) is -0.356. The van der Waals surface area contributed by atoms with Crippen LogP contribution in [0.5, 0.6) is 11.5 Å². The van der Waals surface area contributed by atoms with Crippen LogP contribution in [0.15, 0.2) is 39.9 Å². The first kappa shape index (κ1) is 20.4. The van der Waals surface area contributed by atoms with Crippen molar-refractivity contribution in [3.8, 4) is 17.6 Å². The van der Waals surface area contributed by atoms with E-state index in [1.54, 1.807) is 18.2 Å². The number of hydrogen-bond acceptors (Lipinski definition) is 5. The molecule has 0 spiro atoms. The van der Waals surface area contributed by atoms with Gasteiger partial charge in [0.1, 0.15) is 17.3 Å². The van der Waals surface area contributed by atoms with Crippen LogP contribution in [0.4, 0.5) is 4.39 Å². The Labute approximate surface area is 164 Å². The first-order valence-electron chi connectivity index (χ1n) is 8.12. The molecule has 0 aliphatic rings. The Morgan fingerprint density at radius 3 is 2.59 bits per heavy atom. The van der Waals surface area contributed by atoms with Crippen LogP contribution in [0.1, 0.15) is 35.3 Å². The molecule has 0 bridgehead atoms. The lowest BCUT2D eigenvalue weighted by atomic mass is 10.1. The molecule has 0 aliphatic carbocycles. The summed E-state index contributed by atoms with van der Waals surface area (Å²) < 4.78 is 25.7. The minimum Gasteiger partial charge on any atom is -0.493 e. The highest BCUT2D eigenvalue weighted by molar-refractivity contribution is 9.10. The van der Waals surface area contributed by atoms with Gasteiger partial charge in [-0.25, -0.2) is 9.82 Å². The molecule has 0 saturated carbocycles. The Kier molecular flexibility index (Phi) is 7.32. The summed E-state index contributed by atoms with van der Waals surface area (Å²) in [7, 11) is 0. The Morgan fingerprint density at radius 1 is 1.26 bits per heavy atom. The summed E-state index contributed by atoms with van der Waals surface area (Å²) in [6.07, 6.45) is 1.39. The summed E-state index contributed by atoms with van der Waals surface area (Å²) in [5, 5.41) is 12.6. The molecule has 2 aromatic carbocycles. The molecule has 0 heterocycles. The predicted octanol–water partition coefficient (Wildman–Crippen LogP) is 4.02. The Balaban J connectivity index is 2.19. The Hall–Kier alpha value is -2.92. The van der Waals surface area contributed by atoms with Gasteiger partial charge in [-0.1, -0.05) is 0 Å². The number of carbonyl (C=O) groups excluding carboxylic acids is 1. The van der Waals surface area contributed by atoms with Crippen LogP contribution in [0, 0.1) is 17.1 Å². The maximum atomic E-state index is 13.9.